The largest absolute Gasteiger partial charge is 0.598 e. The Morgan fingerprint density at radius 2 is 1.80 bits per heavy atom. The number of halogens is 1. The molecule has 1 heterocycles. The van der Waals surface area contributed by atoms with Crippen LogP contribution in [0.15, 0.2) is 22.8 Å². The molecule has 0 saturated heterocycles. The monoisotopic (exact) mass is 426 g/mol. The molecule has 0 radical (unpaired) electrons. The second-order valence-corrected chi connectivity index (χ2v) is 11.9. The second-order valence-electron chi connectivity index (χ2n) is 9.06. The zero-order valence-electron chi connectivity index (χ0n) is 16.7. The fraction of sp³-hybridized carbons (Fsp3) is 0.600. The van der Waals surface area contributed by atoms with Crippen molar-refractivity contribution in [1.29, 1.82) is 0 Å². The summed E-state index contributed by atoms with van der Waals surface area (Å²) < 4.78 is 19.0. The molecule has 0 fully saturated rings. The van der Waals surface area contributed by atoms with Gasteiger partial charge in [0, 0.05) is 34.0 Å². The number of hydrogen-bond acceptors (Lipinski definition) is 2. The fourth-order valence-corrected chi connectivity index (χ4v) is 4.08. The first-order valence-electron chi connectivity index (χ1n) is 8.77. The minimum Gasteiger partial charge on any atom is -0.598 e. The Bertz CT molecular complexity index is 756. The molecule has 1 aromatic heterocycles. The highest BCUT2D eigenvalue weighted by Crippen LogP contribution is 2.34. The topological polar surface area (TPSA) is 40.0 Å². The lowest BCUT2D eigenvalue weighted by Gasteiger charge is -2.26. The van der Waals surface area contributed by atoms with E-state index in [1.165, 1.54) is 22.0 Å². The molecule has 140 valence electrons. The van der Waals surface area contributed by atoms with E-state index in [0.717, 1.165) is 11.0 Å². The maximum Gasteiger partial charge on any atom is 0.136 e. The van der Waals surface area contributed by atoms with Gasteiger partial charge in [0.15, 0.2) is 0 Å². The summed E-state index contributed by atoms with van der Waals surface area (Å²) in [7, 11) is 0. The van der Waals surface area contributed by atoms with E-state index in [9.17, 15) is 4.55 Å². The molecule has 1 aromatic carbocycles. The van der Waals surface area contributed by atoms with Gasteiger partial charge in [0.2, 0.25) is 0 Å². The molecule has 2 aromatic rings. The van der Waals surface area contributed by atoms with Gasteiger partial charge in [0.25, 0.3) is 0 Å². The van der Waals surface area contributed by atoms with E-state index in [2.05, 4.69) is 78.2 Å². The van der Waals surface area contributed by atoms with Gasteiger partial charge in [0.05, 0.1) is 11.6 Å². The zero-order chi connectivity index (χ0) is 19.2. The Labute approximate surface area is 164 Å². The molecule has 3 nitrogen and oxygen atoms in total. The average Bonchev–Trinajstić information content (AvgIpc) is 2.79. The van der Waals surface area contributed by atoms with Gasteiger partial charge in [-0.3, -0.25) is 0 Å². The van der Waals surface area contributed by atoms with Crippen molar-refractivity contribution < 1.29 is 4.55 Å². The average molecular weight is 427 g/mol. The van der Waals surface area contributed by atoms with Gasteiger partial charge in [-0.25, -0.2) is 0 Å². The molecule has 0 aliphatic rings. The number of hydrogen-bond donors (Lipinski definition) is 1. The minimum atomic E-state index is -1.10. The van der Waals surface area contributed by atoms with Crippen molar-refractivity contribution in [3.05, 3.63) is 33.9 Å². The summed E-state index contributed by atoms with van der Waals surface area (Å²) in [4.78, 5) is 0. The van der Waals surface area contributed by atoms with Crippen LogP contribution in [0.25, 0.3) is 10.9 Å². The van der Waals surface area contributed by atoms with E-state index in [0.29, 0.717) is 0 Å². The Morgan fingerprint density at radius 1 is 1.20 bits per heavy atom. The van der Waals surface area contributed by atoms with Crippen molar-refractivity contribution in [2.24, 2.45) is 5.41 Å². The summed E-state index contributed by atoms with van der Waals surface area (Å²) in [5, 5.41) is 1.23. The van der Waals surface area contributed by atoms with Crippen molar-refractivity contribution in [3.63, 3.8) is 0 Å². The van der Waals surface area contributed by atoms with E-state index in [4.69, 9.17) is 0 Å². The maximum absolute atomic E-state index is 12.5. The SMILES string of the molecule is Cc1c(Br)ccc2c([C@@H](C)N[S@@+]([O-])C(C)(C)C)cn(CC(C)(C)C)c12. The van der Waals surface area contributed by atoms with Crippen LogP contribution in [0.5, 0.6) is 0 Å². The van der Waals surface area contributed by atoms with Crippen LogP contribution in [0.4, 0.5) is 0 Å². The predicted molar refractivity (Wildman–Crippen MR) is 113 cm³/mol. The van der Waals surface area contributed by atoms with Gasteiger partial charge in [0.1, 0.15) is 4.75 Å². The molecule has 0 aliphatic heterocycles. The summed E-state index contributed by atoms with van der Waals surface area (Å²) in [6, 6.07) is 4.29. The highest BCUT2D eigenvalue weighted by atomic mass is 79.9. The molecule has 2 rings (SSSR count). The summed E-state index contributed by atoms with van der Waals surface area (Å²) in [6.45, 7) is 17.9. The van der Waals surface area contributed by atoms with Crippen LogP contribution in [0.1, 0.15) is 65.6 Å². The Balaban J connectivity index is 2.52. The first kappa shape index (κ1) is 20.8. The molecule has 0 amide bonds. The summed E-state index contributed by atoms with van der Waals surface area (Å²) in [5.41, 5.74) is 3.89. The molecule has 0 saturated carbocycles. The van der Waals surface area contributed by atoms with Crippen LogP contribution in [-0.2, 0) is 17.9 Å². The number of nitrogens with zero attached hydrogens (tertiary/aromatic N) is 1. The molecule has 0 aliphatic carbocycles. The lowest BCUT2D eigenvalue weighted by Crippen LogP contribution is -2.40. The minimum absolute atomic E-state index is 0.0179. The number of aromatic nitrogens is 1. The highest BCUT2D eigenvalue weighted by Gasteiger charge is 2.29. The van der Waals surface area contributed by atoms with Crippen LogP contribution >= 0.6 is 15.9 Å². The molecule has 25 heavy (non-hydrogen) atoms. The van der Waals surface area contributed by atoms with Crippen LogP contribution in [0.2, 0.25) is 0 Å². The van der Waals surface area contributed by atoms with Crippen molar-refractivity contribution in [2.75, 3.05) is 0 Å². The van der Waals surface area contributed by atoms with Crippen LogP contribution < -0.4 is 4.72 Å². The lowest BCUT2D eigenvalue weighted by atomic mass is 9.97. The van der Waals surface area contributed by atoms with Gasteiger partial charge in [-0.15, -0.1) is 4.72 Å². The summed E-state index contributed by atoms with van der Waals surface area (Å²) in [6.07, 6.45) is 2.23. The van der Waals surface area contributed by atoms with E-state index in [1.54, 1.807) is 0 Å². The van der Waals surface area contributed by atoms with Crippen LogP contribution in [0, 0.1) is 12.3 Å². The first-order chi connectivity index (χ1) is 11.3. The highest BCUT2D eigenvalue weighted by molar-refractivity contribution is 9.10. The first-order valence-corrected chi connectivity index (χ1v) is 10.7. The third-order valence-electron chi connectivity index (χ3n) is 4.21. The zero-order valence-corrected chi connectivity index (χ0v) is 19.1. The third-order valence-corrected chi connectivity index (χ3v) is 6.75. The number of benzene rings is 1. The molecule has 5 heteroatoms. The van der Waals surface area contributed by atoms with Crippen molar-refractivity contribution in [1.82, 2.24) is 9.29 Å². The van der Waals surface area contributed by atoms with Crippen molar-refractivity contribution in [2.45, 2.75) is 72.7 Å². The Hall–Kier alpha value is -0.490. The second kappa shape index (κ2) is 7.26. The summed E-state index contributed by atoms with van der Waals surface area (Å²) >= 11 is 2.57. The van der Waals surface area contributed by atoms with Gasteiger partial charge in [-0.05, 0) is 57.2 Å². The van der Waals surface area contributed by atoms with E-state index in [-0.39, 0.29) is 16.2 Å². The number of rotatable bonds is 4. The molecular weight excluding hydrogens is 396 g/mol. The third kappa shape index (κ3) is 4.82. The standard InChI is InChI=1S/C20H31BrN2OS/c1-13-17(21)10-9-15-16(14(2)22-25(24)20(6,7)8)11-23(18(13)15)12-19(3,4)5/h9-11,14,22H,12H2,1-8H3/t14-,25+/m1/s1. The molecule has 2 atom stereocenters. The Kier molecular flexibility index (Phi) is 6.04. The molecule has 0 unspecified atom stereocenters. The number of fused-ring (bicyclic) bond motifs is 1. The molecule has 0 spiro atoms. The molecule has 1 N–H and O–H groups in total. The molecular formula is C20H31BrN2OS. The smallest absolute Gasteiger partial charge is 0.136 e. The van der Waals surface area contributed by atoms with Crippen molar-refractivity contribution >= 4 is 38.2 Å². The van der Waals surface area contributed by atoms with E-state index in [1.807, 2.05) is 20.8 Å². The quantitative estimate of drug-likeness (QED) is 0.620. The van der Waals surface area contributed by atoms with Gasteiger partial charge >= 0.3 is 0 Å². The normalized spacial score (nSPS) is 15.6. The summed E-state index contributed by atoms with van der Waals surface area (Å²) in [5.74, 6) is 0. The van der Waals surface area contributed by atoms with E-state index >= 15 is 0 Å². The van der Waals surface area contributed by atoms with E-state index < -0.39 is 11.4 Å². The Morgan fingerprint density at radius 3 is 2.32 bits per heavy atom. The van der Waals surface area contributed by atoms with Crippen molar-refractivity contribution in [3.8, 4) is 0 Å². The molecule has 0 bridgehead atoms. The maximum atomic E-state index is 12.5. The number of aryl methyl sites for hydroxylation is 1. The van der Waals surface area contributed by atoms with Crippen LogP contribution in [-0.4, -0.2) is 13.9 Å². The fourth-order valence-electron chi connectivity index (χ4n) is 2.96. The number of nitrogens with one attached hydrogen (secondary N) is 1. The van der Waals surface area contributed by atoms with Gasteiger partial charge < -0.3 is 9.12 Å². The lowest BCUT2D eigenvalue weighted by molar-refractivity contribution is 0.348. The van der Waals surface area contributed by atoms with Gasteiger partial charge in [-0.1, -0.05) is 42.8 Å². The van der Waals surface area contributed by atoms with Gasteiger partial charge in [-0.2, -0.15) is 0 Å². The van der Waals surface area contributed by atoms with Crippen LogP contribution in [0.3, 0.4) is 0 Å². The predicted octanol–water partition coefficient (Wildman–Crippen LogP) is 5.87.